The first-order valence-electron chi connectivity index (χ1n) is 9.47. The molecule has 1 saturated carbocycles. The quantitative estimate of drug-likeness (QED) is 0.691. The highest BCUT2D eigenvalue weighted by molar-refractivity contribution is 6.32. The summed E-state index contributed by atoms with van der Waals surface area (Å²) in [6.07, 6.45) is 7.52. The Balaban J connectivity index is 0.000000370. The molecule has 158 valence electrons. The number of pyridine rings is 1. The molecule has 1 aliphatic carbocycles. The van der Waals surface area contributed by atoms with Gasteiger partial charge in [0.15, 0.2) is 5.15 Å². The molecular formula is C20H28ClN5O3. The molecule has 1 amide bonds. The summed E-state index contributed by atoms with van der Waals surface area (Å²) in [5.74, 6) is 0.570. The van der Waals surface area contributed by atoms with Gasteiger partial charge >= 0.3 is 0 Å². The van der Waals surface area contributed by atoms with Crippen LogP contribution in [0.4, 0.5) is 5.69 Å². The first-order chi connectivity index (χ1) is 13.7. The van der Waals surface area contributed by atoms with Crippen LogP contribution in [0.15, 0.2) is 30.7 Å². The molecule has 0 aromatic carbocycles. The standard InChI is InChI=1S/C15H18ClN5O.C5H10O2/c1-17-8-14(22)20(9-11-4-5-11)13-10-21(19-15(13)16)12-3-2-6-18-7-12;1-5(2,3)7-4-6/h2-3,6-7,10-11,17H,4-5,8-9H2,1H3;4H,1-3H3. The number of ether oxygens (including phenoxy) is 1. The van der Waals surface area contributed by atoms with Crippen LogP contribution in [0, 0.1) is 5.92 Å². The van der Waals surface area contributed by atoms with E-state index in [9.17, 15) is 9.59 Å². The number of nitrogens with one attached hydrogen (secondary N) is 1. The maximum absolute atomic E-state index is 12.4. The van der Waals surface area contributed by atoms with Crippen molar-refractivity contribution in [3.8, 4) is 5.69 Å². The predicted molar refractivity (Wildman–Crippen MR) is 112 cm³/mol. The summed E-state index contributed by atoms with van der Waals surface area (Å²) in [6, 6.07) is 3.72. The van der Waals surface area contributed by atoms with E-state index in [1.807, 2.05) is 32.9 Å². The lowest BCUT2D eigenvalue weighted by atomic mass is 10.2. The van der Waals surface area contributed by atoms with E-state index in [1.54, 1.807) is 35.2 Å². The normalized spacial score (nSPS) is 13.3. The van der Waals surface area contributed by atoms with Gasteiger partial charge in [-0.05, 0) is 58.7 Å². The minimum Gasteiger partial charge on any atom is -0.462 e. The Labute approximate surface area is 176 Å². The molecule has 0 radical (unpaired) electrons. The summed E-state index contributed by atoms with van der Waals surface area (Å²) in [5.41, 5.74) is 1.14. The molecule has 29 heavy (non-hydrogen) atoms. The van der Waals surface area contributed by atoms with Crippen LogP contribution in [-0.2, 0) is 14.3 Å². The number of hydrogen-bond acceptors (Lipinski definition) is 6. The zero-order valence-electron chi connectivity index (χ0n) is 17.3. The van der Waals surface area contributed by atoms with Crippen LogP contribution in [0.25, 0.3) is 5.69 Å². The second kappa shape index (κ2) is 10.4. The molecule has 9 heteroatoms. The number of nitrogens with zero attached hydrogens (tertiary/aromatic N) is 4. The van der Waals surface area contributed by atoms with Gasteiger partial charge in [-0.1, -0.05) is 11.6 Å². The molecule has 1 aliphatic rings. The second-order valence-corrected chi connectivity index (χ2v) is 8.12. The van der Waals surface area contributed by atoms with E-state index in [1.165, 1.54) is 0 Å². The minimum absolute atomic E-state index is 0.00189. The maximum Gasteiger partial charge on any atom is 0.293 e. The fourth-order valence-electron chi connectivity index (χ4n) is 2.43. The van der Waals surface area contributed by atoms with Crippen LogP contribution in [-0.4, -0.2) is 52.9 Å². The summed E-state index contributed by atoms with van der Waals surface area (Å²) in [4.78, 5) is 27.8. The third-order valence-corrected chi connectivity index (χ3v) is 4.29. The van der Waals surface area contributed by atoms with Gasteiger partial charge in [-0.25, -0.2) is 4.68 Å². The third-order valence-electron chi connectivity index (χ3n) is 4.02. The molecule has 2 aromatic rings. The lowest BCUT2D eigenvalue weighted by Crippen LogP contribution is -2.38. The molecule has 0 saturated heterocycles. The Morgan fingerprint density at radius 3 is 2.66 bits per heavy atom. The van der Waals surface area contributed by atoms with Gasteiger partial charge in [0, 0.05) is 12.7 Å². The van der Waals surface area contributed by atoms with Crippen molar-refractivity contribution in [2.24, 2.45) is 5.92 Å². The summed E-state index contributed by atoms with van der Waals surface area (Å²) in [7, 11) is 1.76. The Morgan fingerprint density at radius 2 is 2.17 bits per heavy atom. The van der Waals surface area contributed by atoms with Crippen molar-refractivity contribution in [2.75, 3.05) is 25.0 Å². The molecule has 0 unspecified atom stereocenters. The number of amides is 1. The van der Waals surface area contributed by atoms with Gasteiger partial charge in [-0.2, -0.15) is 5.10 Å². The number of carbonyl (C=O) groups excluding carboxylic acids is 2. The van der Waals surface area contributed by atoms with Crippen LogP contribution in [0.2, 0.25) is 5.15 Å². The largest absolute Gasteiger partial charge is 0.462 e. The molecule has 2 aromatic heterocycles. The van der Waals surface area contributed by atoms with Crippen LogP contribution in [0.3, 0.4) is 0 Å². The third kappa shape index (κ3) is 7.47. The topological polar surface area (TPSA) is 89.4 Å². The number of halogens is 1. The average molecular weight is 422 g/mol. The van der Waals surface area contributed by atoms with Crippen LogP contribution in [0.1, 0.15) is 33.6 Å². The Morgan fingerprint density at radius 1 is 1.45 bits per heavy atom. The molecule has 1 fully saturated rings. The first kappa shape index (κ1) is 22.8. The fraction of sp³-hybridized carbons (Fsp3) is 0.500. The van der Waals surface area contributed by atoms with Gasteiger partial charge in [-0.3, -0.25) is 14.6 Å². The van der Waals surface area contributed by atoms with Crippen molar-refractivity contribution in [3.63, 3.8) is 0 Å². The van der Waals surface area contributed by atoms with Crippen LogP contribution >= 0.6 is 11.6 Å². The molecule has 0 spiro atoms. The van der Waals surface area contributed by atoms with Crippen LogP contribution in [0.5, 0.6) is 0 Å². The average Bonchev–Trinajstić information content (AvgIpc) is 3.40. The van der Waals surface area contributed by atoms with E-state index in [-0.39, 0.29) is 18.1 Å². The fourth-order valence-corrected chi connectivity index (χ4v) is 2.66. The first-order valence-corrected chi connectivity index (χ1v) is 9.85. The summed E-state index contributed by atoms with van der Waals surface area (Å²) in [5, 5.41) is 7.53. The molecule has 0 bridgehead atoms. The lowest BCUT2D eigenvalue weighted by Gasteiger charge is -2.21. The highest BCUT2D eigenvalue weighted by Crippen LogP contribution is 2.34. The minimum atomic E-state index is -0.318. The van der Waals surface area contributed by atoms with E-state index < -0.39 is 0 Å². The molecular weight excluding hydrogens is 394 g/mol. The maximum atomic E-state index is 12.4. The number of rotatable bonds is 7. The van der Waals surface area contributed by atoms with Crippen molar-refractivity contribution in [2.45, 2.75) is 39.2 Å². The monoisotopic (exact) mass is 421 g/mol. The van der Waals surface area contributed by atoms with Crippen molar-refractivity contribution >= 4 is 29.7 Å². The van der Waals surface area contributed by atoms with Crippen molar-refractivity contribution in [3.05, 3.63) is 35.9 Å². The number of carbonyl (C=O) groups is 2. The number of hydrogen-bond donors (Lipinski definition) is 1. The molecule has 0 aliphatic heterocycles. The van der Waals surface area contributed by atoms with E-state index in [4.69, 9.17) is 11.6 Å². The Hall–Kier alpha value is -2.45. The van der Waals surface area contributed by atoms with Crippen molar-refractivity contribution in [1.29, 1.82) is 0 Å². The molecule has 0 atom stereocenters. The van der Waals surface area contributed by atoms with E-state index in [2.05, 4.69) is 20.1 Å². The van der Waals surface area contributed by atoms with Gasteiger partial charge in [-0.15, -0.1) is 0 Å². The summed E-state index contributed by atoms with van der Waals surface area (Å²) in [6.45, 7) is 6.89. The number of likely N-dealkylation sites (N-methyl/N-ethyl adjacent to an activating group) is 1. The number of aromatic nitrogens is 3. The smallest absolute Gasteiger partial charge is 0.293 e. The van der Waals surface area contributed by atoms with Crippen molar-refractivity contribution < 1.29 is 14.3 Å². The Kier molecular flexibility index (Phi) is 8.16. The molecule has 2 heterocycles. The van der Waals surface area contributed by atoms with Gasteiger partial charge in [0.05, 0.1) is 24.6 Å². The molecule has 3 rings (SSSR count). The second-order valence-electron chi connectivity index (χ2n) is 7.77. The predicted octanol–water partition coefficient (Wildman–Crippen LogP) is 2.84. The summed E-state index contributed by atoms with van der Waals surface area (Å²) >= 11 is 6.27. The highest BCUT2D eigenvalue weighted by Gasteiger charge is 2.29. The van der Waals surface area contributed by atoms with Crippen molar-refractivity contribution in [1.82, 2.24) is 20.1 Å². The molecule has 8 nitrogen and oxygen atoms in total. The van der Waals surface area contributed by atoms with Gasteiger partial charge in [0.25, 0.3) is 6.47 Å². The SMILES string of the molecule is CC(C)(C)OC=O.CNCC(=O)N(CC1CC1)c1cn(-c2cccnc2)nc1Cl. The van der Waals surface area contributed by atoms with Gasteiger partial charge in [0.2, 0.25) is 5.91 Å². The molecule has 1 N–H and O–H groups in total. The number of anilines is 1. The lowest BCUT2D eigenvalue weighted by molar-refractivity contribution is -0.138. The van der Waals surface area contributed by atoms with Gasteiger partial charge < -0.3 is 15.0 Å². The Bertz CT molecular complexity index is 800. The zero-order chi connectivity index (χ0) is 21.4. The zero-order valence-corrected chi connectivity index (χ0v) is 18.0. The summed E-state index contributed by atoms with van der Waals surface area (Å²) < 4.78 is 6.20. The van der Waals surface area contributed by atoms with Gasteiger partial charge in [0.1, 0.15) is 11.3 Å². The van der Waals surface area contributed by atoms with Crippen LogP contribution < -0.4 is 10.2 Å². The van der Waals surface area contributed by atoms with E-state index in [0.717, 1.165) is 18.5 Å². The highest BCUT2D eigenvalue weighted by atomic mass is 35.5. The van der Waals surface area contributed by atoms with E-state index >= 15 is 0 Å². The van der Waals surface area contributed by atoms with E-state index in [0.29, 0.717) is 29.8 Å².